The predicted molar refractivity (Wildman–Crippen MR) is 114 cm³/mol. The third-order valence-corrected chi connectivity index (χ3v) is 5.31. The summed E-state index contributed by atoms with van der Waals surface area (Å²) in [6, 6.07) is 13.5. The molecule has 1 atom stereocenters. The Morgan fingerprint density at radius 2 is 1.90 bits per heavy atom. The van der Waals surface area contributed by atoms with Crippen molar-refractivity contribution >= 4 is 28.4 Å². The van der Waals surface area contributed by atoms with Gasteiger partial charge in [0.25, 0.3) is 0 Å². The van der Waals surface area contributed by atoms with Gasteiger partial charge in [-0.05, 0) is 30.7 Å². The Morgan fingerprint density at radius 1 is 1.13 bits per heavy atom. The van der Waals surface area contributed by atoms with Gasteiger partial charge in [-0.25, -0.2) is 0 Å². The first-order valence-electron chi connectivity index (χ1n) is 10.0. The molecule has 2 heterocycles. The van der Waals surface area contributed by atoms with Gasteiger partial charge < -0.3 is 15.4 Å². The van der Waals surface area contributed by atoms with Crippen molar-refractivity contribution in [3.8, 4) is 0 Å². The lowest BCUT2D eigenvalue weighted by Crippen LogP contribution is -2.45. The second-order valence-electron chi connectivity index (χ2n) is 7.41. The standard InChI is InChI=1S/C22H25N5O3/c1-15-2-4-16(5-3-15)20(27-8-10-30-11-9-27)14-23-21(28)22(29)25-18-6-7-19-17(12-18)13-24-26-19/h2-7,12-13,20H,8-11,14H2,1H3,(H,23,28)(H,24,26)(H,25,29). The monoisotopic (exact) mass is 407 g/mol. The van der Waals surface area contributed by atoms with Crippen molar-refractivity contribution < 1.29 is 14.3 Å². The van der Waals surface area contributed by atoms with Gasteiger partial charge in [-0.15, -0.1) is 0 Å². The molecule has 0 bridgehead atoms. The van der Waals surface area contributed by atoms with Gasteiger partial charge in [0.1, 0.15) is 0 Å². The zero-order valence-corrected chi connectivity index (χ0v) is 16.9. The fraction of sp³-hybridized carbons (Fsp3) is 0.318. The first-order valence-corrected chi connectivity index (χ1v) is 10.0. The van der Waals surface area contributed by atoms with Crippen molar-refractivity contribution in [2.75, 3.05) is 38.2 Å². The smallest absolute Gasteiger partial charge is 0.313 e. The number of nitrogens with zero attached hydrogens (tertiary/aromatic N) is 2. The number of hydrogen-bond acceptors (Lipinski definition) is 5. The summed E-state index contributed by atoms with van der Waals surface area (Å²) in [4.78, 5) is 27.1. The van der Waals surface area contributed by atoms with Crippen LogP contribution in [0.15, 0.2) is 48.7 Å². The number of benzene rings is 2. The number of carbonyl (C=O) groups is 2. The van der Waals surface area contributed by atoms with Crippen LogP contribution in [-0.4, -0.2) is 59.8 Å². The molecular weight excluding hydrogens is 382 g/mol. The van der Waals surface area contributed by atoms with Crippen molar-refractivity contribution in [2.24, 2.45) is 0 Å². The SMILES string of the molecule is Cc1ccc(C(CNC(=O)C(=O)Nc2ccc3[nH]ncc3c2)N2CCOCC2)cc1. The largest absolute Gasteiger partial charge is 0.379 e. The Morgan fingerprint density at radius 3 is 2.67 bits per heavy atom. The molecule has 0 spiro atoms. The number of anilines is 1. The van der Waals surface area contributed by atoms with Crippen LogP contribution in [0.5, 0.6) is 0 Å². The van der Waals surface area contributed by atoms with Crippen LogP contribution < -0.4 is 10.6 Å². The summed E-state index contributed by atoms with van der Waals surface area (Å²) in [5.41, 5.74) is 3.70. The average molecular weight is 407 g/mol. The van der Waals surface area contributed by atoms with Gasteiger partial charge >= 0.3 is 11.8 Å². The molecule has 1 unspecified atom stereocenters. The summed E-state index contributed by atoms with van der Waals surface area (Å²) in [5.74, 6) is -1.35. The molecular formula is C22H25N5O3. The lowest BCUT2D eigenvalue weighted by Gasteiger charge is -2.35. The Hall–Kier alpha value is -3.23. The molecule has 30 heavy (non-hydrogen) atoms. The molecule has 8 nitrogen and oxygen atoms in total. The maximum Gasteiger partial charge on any atom is 0.313 e. The Balaban J connectivity index is 1.40. The molecule has 1 fully saturated rings. The van der Waals surface area contributed by atoms with Crippen LogP contribution in [0.4, 0.5) is 5.69 Å². The number of H-pyrrole nitrogens is 1. The van der Waals surface area contributed by atoms with E-state index < -0.39 is 11.8 Å². The normalized spacial score (nSPS) is 15.6. The van der Waals surface area contributed by atoms with Crippen molar-refractivity contribution in [1.82, 2.24) is 20.4 Å². The molecule has 1 aromatic heterocycles. The van der Waals surface area contributed by atoms with Gasteiger partial charge in [-0.1, -0.05) is 29.8 Å². The van der Waals surface area contributed by atoms with Gasteiger partial charge in [-0.3, -0.25) is 19.6 Å². The van der Waals surface area contributed by atoms with E-state index in [1.165, 1.54) is 5.56 Å². The van der Waals surface area contributed by atoms with Crippen LogP contribution in [0, 0.1) is 6.92 Å². The number of morpholine rings is 1. The molecule has 2 amide bonds. The summed E-state index contributed by atoms with van der Waals surface area (Å²) < 4.78 is 5.46. The number of ether oxygens (including phenoxy) is 1. The number of amides is 2. The lowest BCUT2D eigenvalue weighted by atomic mass is 10.0. The maximum absolute atomic E-state index is 12.4. The maximum atomic E-state index is 12.4. The van der Waals surface area contributed by atoms with Crippen LogP contribution in [0.25, 0.3) is 10.9 Å². The third-order valence-electron chi connectivity index (χ3n) is 5.31. The second-order valence-corrected chi connectivity index (χ2v) is 7.41. The highest BCUT2D eigenvalue weighted by Gasteiger charge is 2.24. The Kier molecular flexibility index (Phi) is 6.06. The van der Waals surface area contributed by atoms with Crippen molar-refractivity contribution in [3.63, 3.8) is 0 Å². The molecule has 0 aliphatic carbocycles. The quantitative estimate of drug-likeness (QED) is 0.562. The number of carbonyl (C=O) groups excluding carboxylic acids is 2. The number of rotatable bonds is 5. The Bertz CT molecular complexity index is 1020. The topological polar surface area (TPSA) is 99.4 Å². The number of aromatic amines is 1. The van der Waals surface area contributed by atoms with E-state index in [2.05, 4.69) is 50.0 Å². The molecule has 1 aliphatic heterocycles. The number of hydrogen-bond donors (Lipinski definition) is 3. The predicted octanol–water partition coefficient (Wildman–Crippen LogP) is 2.00. The molecule has 1 saturated heterocycles. The number of aryl methyl sites for hydroxylation is 1. The van der Waals surface area contributed by atoms with Gasteiger partial charge in [-0.2, -0.15) is 5.10 Å². The van der Waals surface area contributed by atoms with Crippen LogP contribution in [0.3, 0.4) is 0 Å². The average Bonchev–Trinajstić information content (AvgIpc) is 3.23. The highest BCUT2D eigenvalue weighted by Crippen LogP contribution is 2.22. The van der Waals surface area contributed by atoms with Crippen molar-refractivity contribution in [3.05, 3.63) is 59.8 Å². The second kappa shape index (κ2) is 9.06. The van der Waals surface area contributed by atoms with E-state index in [-0.39, 0.29) is 6.04 Å². The molecule has 3 aromatic rings. The zero-order valence-electron chi connectivity index (χ0n) is 16.9. The molecule has 1 aliphatic rings. The van der Waals surface area contributed by atoms with Gasteiger partial charge in [0.15, 0.2) is 0 Å². The van der Waals surface area contributed by atoms with Crippen LogP contribution in [0.1, 0.15) is 17.2 Å². The molecule has 2 aromatic carbocycles. The first kappa shape index (κ1) is 20.1. The number of nitrogens with one attached hydrogen (secondary N) is 3. The van der Waals surface area contributed by atoms with Gasteiger partial charge in [0.2, 0.25) is 0 Å². The van der Waals surface area contributed by atoms with Crippen LogP contribution >= 0.6 is 0 Å². The third kappa shape index (κ3) is 4.67. The van der Waals surface area contributed by atoms with E-state index in [9.17, 15) is 9.59 Å². The van der Waals surface area contributed by atoms with E-state index in [1.54, 1.807) is 18.3 Å². The highest BCUT2D eigenvalue weighted by molar-refractivity contribution is 6.39. The van der Waals surface area contributed by atoms with E-state index in [0.717, 1.165) is 29.6 Å². The number of fused-ring (bicyclic) bond motifs is 1. The van der Waals surface area contributed by atoms with E-state index in [0.29, 0.717) is 25.4 Å². The first-order chi connectivity index (χ1) is 14.6. The molecule has 0 saturated carbocycles. The summed E-state index contributed by atoms with van der Waals surface area (Å²) in [6.45, 7) is 5.27. The minimum atomic E-state index is -0.692. The molecule has 156 valence electrons. The molecule has 8 heteroatoms. The van der Waals surface area contributed by atoms with Crippen molar-refractivity contribution in [2.45, 2.75) is 13.0 Å². The number of aromatic nitrogens is 2. The van der Waals surface area contributed by atoms with Crippen molar-refractivity contribution in [1.29, 1.82) is 0 Å². The Labute approximate surface area is 174 Å². The fourth-order valence-corrected chi connectivity index (χ4v) is 3.61. The van der Waals surface area contributed by atoms with E-state index in [4.69, 9.17) is 4.74 Å². The highest BCUT2D eigenvalue weighted by atomic mass is 16.5. The van der Waals surface area contributed by atoms with Crippen LogP contribution in [0.2, 0.25) is 0 Å². The van der Waals surface area contributed by atoms with E-state index >= 15 is 0 Å². The summed E-state index contributed by atoms with van der Waals surface area (Å²) >= 11 is 0. The zero-order chi connectivity index (χ0) is 20.9. The molecule has 4 rings (SSSR count). The summed E-state index contributed by atoms with van der Waals surface area (Å²) in [5, 5.41) is 13.1. The molecule has 3 N–H and O–H groups in total. The van der Waals surface area contributed by atoms with Gasteiger partial charge in [0.05, 0.1) is 31.0 Å². The minimum Gasteiger partial charge on any atom is -0.379 e. The molecule has 0 radical (unpaired) electrons. The summed E-state index contributed by atoms with van der Waals surface area (Å²) in [6.07, 6.45) is 1.67. The summed E-state index contributed by atoms with van der Waals surface area (Å²) in [7, 11) is 0. The van der Waals surface area contributed by atoms with Crippen LogP contribution in [-0.2, 0) is 14.3 Å². The lowest BCUT2D eigenvalue weighted by molar-refractivity contribution is -0.136. The minimum absolute atomic E-state index is 0.0199. The fourth-order valence-electron chi connectivity index (χ4n) is 3.61. The van der Waals surface area contributed by atoms with Gasteiger partial charge in [0, 0.05) is 30.7 Å². The van der Waals surface area contributed by atoms with E-state index in [1.807, 2.05) is 13.0 Å².